The van der Waals surface area contributed by atoms with Crippen LogP contribution in [0.15, 0.2) is 154 Å². The Balaban J connectivity index is 0.000000148. The second-order valence-electron chi connectivity index (χ2n) is 37.6. The smallest absolute Gasteiger partial charge is 0.398 e. The zero-order valence-electron chi connectivity index (χ0n) is 79.2. The first-order valence-electron chi connectivity index (χ1n) is 44.2. The summed E-state index contributed by atoms with van der Waals surface area (Å²) in [5, 5.41) is 50.6. The van der Waals surface area contributed by atoms with E-state index < -0.39 is 65.4 Å². The molecule has 49 heteroatoms. The van der Waals surface area contributed by atoms with Gasteiger partial charge >= 0.3 is 7.12 Å². The number of halogens is 2. The Hall–Kier alpha value is -11.0. The van der Waals surface area contributed by atoms with Gasteiger partial charge in [-0.3, -0.25) is 33.3 Å². The van der Waals surface area contributed by atoms with E-state index in [1.165, 1.54) is 19.0 Å². The summed E-state index contributed by atoms with van der Waals surface area (Å²) < 4.78 is 113. The lowest BCUT2D eigenvalue weighted by Crippen LogP contribution is -2.64. The van der Waals surface area contributed by atoms with Crippen molar-refractivity contribution in [3.8, 4) is 51.6 Å². The molecule has 136 heavy (non-hydrogen) atoms. The van der Waals surface area contributed by atoms with Crippen molar-refractivity contribution >= 4 is 146 Å². The van der Waals surface area contributed by atoms with E-state index in [-0.39, 0.29) is 74.6 Å². The number of H-pyrrole nitrogens is 4. The van der Waals surface area contributed by atoms with Gasteiger partial charge in [0.25, 0.3) is 0 Å². The summed E-state index contributed by atoms with van der Waals surface area (Å²) in [6.45, 7) is 39.4. The topological polar surface area (TPSA) is 498 Å². The predicted molar refractivity (Wildman–Crippen MR) is 530 cm³/mol. The maximum atomic E-state index is 12.2. The summed E-state index contributed by atoms with van der Waals surface area (Å²) in [6, 6.07) is 20.7. The van der Waals surface area contributed by atoms with Crippen LogP contribution in [0.4, 0.5) is 0 Å². The molecule has 722 valence electrons. The van der Waals surface area contributed by atoms with Gasteiger partial charge in [0.05, 0.1) is 131 Å². The Kier molecular flexibility index (Phi) is 33.8. The fourth-order valence-corrected chi connectivity index (χ4v) is 20.5. The van der Waals surface area contributed by atoms with Gasteiger partial charge in [0, 0.05) is 179 Å². The number of aromatic nitrogens is 23. The van der Waals surface area contributed by atoms with Crippen molar-refractivity contribution in [1.82, 2.24) is 126 Å². The second-order valence-corrected chi connectivity index (χ2v) is 62.0. The average Bonchev–Trinajstić information content (AvgIpc) is 1.50. The Morgan fingerprint density at radius 3 is 1.34 bits per heavy atom. The molecule has 4 saturated heterocycles. The van der Waals surface area contributed by atoms with Crippen molar-refractivity contribution in [2.75, 3.05) is 76.3 Å². The van der Waals surface area contributed by atoms with Crippen LogP contribution in [0, 0.1) is 34.0 Å². The first-order chi connectivity index (χ1) is 64.5. The number of nitrogens with one attached hydrogen (secondary N) is 4. The van der Waals surface area contributed by atoms with Crippen molar-refractivity contribution in [2.24, 2.45) is 0 Å². The number of imidazole rings is 5. The lowest BCUT2D eigenvalue weighted by atomic mass is 9.85. The molecule has 40 nitrogen and oxygen atoms in total. The van der Waals surface area contributed by atoms with Crippen molar-refractivity contribution in [3.05, 3.63) is 164 Å². The van der Waals surface area contributed by atoms with Gasteiger partial charge in [0.15, 0.2) is 28.2 Å². The van der Waals surface area contributed by atoms with Crippen LogP contribution < -0.4 is 5.59 Å². The third-order valence-corrected chi connectivity index (χ3v) is 34.4. The van der Waals surface area contributed by atoms with E-state index in [4.69, 9.17) is 52.0 Å². The van der Waals surface area contributed by atoms with Gasteiger partial charge in [-0.25, -0.2) is 75.1 Å². The van der Waals surface area contributed by atoms with Gasteiger partial charge in [0.1, 0.15) is 53.3 Å². The van der Waals surface area contributed by atoms with Gasteiger partial charge < -0.3 is 33.5 Å². The Labute approximate surface area is 804 Å². The maximum Gasteiger partial charge on any atom is 0.513 e. The molecular formula is C87H116BCl2N29O11S3Si3. The number of fused-ring (bicyclic) bond motifs is 5. The van der Waals surface area contributed by atoms with Crippen LogP contribution >= 0.6 is 23.2 Å². The van der Waals surface area contributed by atoms with Crippen molar-refractivity contribution in [3.63, 3.8) is 0 Å². The van der Waals surface area contributed by atoms with Crippen molar-refractivity contribution in [2.45, 2.75) is 181 Å². The second kappa shape index (κ2) is 44.2. The molecule has 18 heterocycles. The average molecular weight is 2010 g/mol. The van der Waals surface area contributed by atoms with Crippen LogP contribution in [0.3, 0.4) is 0 Å². The number of nitrogens with zero attached hydrogens (tertiary/aromatic N) is 25. The molecule has 0 aromatic carbocycles. The van der Waals surface area contributed by atoms with E-state index in [2.05, 4.69) is 161 Å². The van der Waals surface area contributed by atoms with Gasteiger partial charge in [-0.1, -0.05) is 82.1 Å². The van der Waals surface area contributed by atoms with Crippen molar-refractivity contribution < 1.29 is 48.8 Å². The highest BCUT2D eigenvalue weighted by atomic mass is 35.5. The summed E-state index contributed by atoms with van der Waals surface area (Å²) in [5.74, 6) is 0.223. The molecular weight excluding hydrogens is 1890 g/mol. The van der Waals surface area contributed by atoms with Gasteiger partial charge in [-0.15, -0.1) is 0 Å². The number of allylic oxidation sites excluding steroid dienone is 1. The lowest BCUT2D eigenvalue weighted by Gasteiger charge is -2.47. The number of sulfonamides is 3. The molecule has 0 bridgehead atoms. The number of hydrogen-bond donors (Lipinski definition) is 4. The third kappa shape index (κ3) is 25.7. The monoisotopic (exact) mass is 2000 g/mol. The number of pyridine rings is 5. The minimum Gasteiger partial charge on any atom is -0.398 e. The molecule has 0 radical (unpaired) electrons. The van der Waals surface area contributed by atoms with E-state index in [0.29, 0.717) is 61.2 Å². The predicted octanol–water partition coefficient (Wildman–Crippen LogP) is 12.9. The van der Waals surface area contributed by atoms with Crippen molar-refractivity contribution in [1.29, 1.82) is 15.8 Å². The van der Waals surface area contributed by atoms with Crippen LogP contribution in [0.1, 0.15) is 61.3 Å². The Morgan fingerprint density at radius 2 is 0.904 bits per heavy atom. The molecule has 0 aliphatic carbocycles. The number of rotatable bonds is 29. The first kappa shape index (κ1) is 104. The van der Waals surface area contributed by atoms with Gasteiger partial charge in [-0.2, -0.15) is 49.1 Å². The van der Waals surface area contributed by atoms with E-state index in [1.54, 1.807) is 130 Å². The highest BCUT2D eigenvalue weighted by Crippen LogP contribution is 2.40. The molecule has 4 N–H and O–H groups in total. The highest BCUT2D eigenvalue weighted by Gasteiger charge is 2.53. The fraction of sp³-hybridized carbons (Fsp3) is 0.460. The summed E-state index contributed by atoms with van der Waals surface area (Å²) >= 11 is 11.8. The largest absolute Gasteiger partial charge is 0.513 e. The van der Waals surface area contributed by atoms with Crippen LogP contribution in [0.5, 0.6) is 0 Å². The molecule has 4 aliphatic rings. The van der Waals surface area contributed by atoms with E-state index >= 15 is 0 Å². The lowest BCUT2D eigenvalue weighted by molar-refractivity contribution is 0.00578. The first-order valence-corrected chi connectivity index (χ1v) is 60.9. The minimum atomic E-state index is -3.30. The molecule has 4 aliphatic heterocycles. The quantitative estimate of drug-likeness (QED) is 0.0192. The third-order valence-electron chi connectivity index (χ3n) is 23.3. The fourth-order valence-electron chi connectivity index (χ4n) is 14.3. The number of hydrogen-bond acceptors (Lipinski definition) is 28. The van der Waals surface area contributed by atoms with Gasteiger partial charge in [-0.05, 0) is 109 Å². The molecule has 0 spiro atoms. The molecule has 14 aromatic rings. The molecule has 0 saturated carbocycles. The molecule has 18 rings (SSSR count). The van der Waals surface area contributed by atoms with Crippen LogP contribution in [-0.2, 0) is 84.9 Å². The molecule has 0 atom stereocenters. The van der Waals surface area contributed by atoms with Crippen LogP contribution in [0.2, 0.25) is 87.1 Å². The number of aromatic amines is 4. The van der Waals surface area contributed by atoms with E-state index in [0.717, 1.165) is 120 Å². The summed E-state index contributed by atoms with van der Waals surface area (Å²) in [5.41, 5.74) is 13.0. The zero-order valence-corrected chi connectivity index (χ0v) is 86.2. The summed E-state index contributed by atoms with van der Waals surface area (Å²) in [6.07, 6.45) is 31.2. The van der Waals surface area contributed by atoms with Crippen LogP contribution in [0.25, 0.3) is 89.2 Å². The molecule has 0 unspecified atom stereocenters. The summed E-state index contributed by atoms with van der Waals surface area (Å²) in [4.78, 5) is 48.7. The van der Waals surface area contributed by atoms with E-state index in [9.17, 15) is 35.8 Å². The van der Waals surface area contributed by atoms with E-state index in [1.807, 2.05) is 90.3 Å². The number of ether oxygens (including phenoxy) is 3. The van der Waals surface area contributed by atoms with Gasteiger partial charge in [0.2, 0.25) is 30.1 Å². The highest BCUT2D eigenvalue weighted by molar-refractivity contribution is 7.89. The number of nitriles is 3. The van der Waals surface area contributed by atoms with Crippen LogP contribution in [-0.4, -0.2) is 271 Å². The minimum absolute atomic E-state index is 0.0412. The molecule has 0 amide bonds. The molecule has 14 aromatic heterocycles. The SMILES string of the molecule is CC1(C)OB(c2ccn[nH]2)OC1(C)C.CCS(=O)(=O)N1CC(=CC#N)C1.CCS(=O)(=O)N1CC(CC#N)(n2cc(-c3ccnc4c3ncn4COCC[Si](C)(C)C)cn2)C1.CCS(=O)(=O)N1CC(CC#N)(n2cc(-c3ccnc4nc[nH]c34)cn2)C1.C[Si](C)(C)CCOCn1cnc2c(-c3cn[nH]c3)ccnc21.C[Si](C)(C)CCOCn1cnc2c(Cl)ccnc21.Clc1ccnc2nc[nH]c12. The maximum absolute atomic E-state index is 12.2. The normalized spacial score (nSPS) is 15.8. The Bertz CT molecular complexity index is 6890. The standard InChI is InChI=1S/C22H31N7O3SSi.C16H17N7O2S.C15H21N5OSi.C12H18ClN3OSi.C9H15BN2O2.C7H10N2O2S.C6H4ClN3/c1-5-33(30,31)28-14-22(15-28,7-8-23)29-13-18(12-26-29)19-6-9-24-21-20(19)25-16-27(21)17-32-10-11-34(2,3)4;1-2-26(24,25)22-9-16(10-22,4-5-17)23-8-12(7-21-23)13-3-6-18-15-14(13)19-11-20-15;1-22(2,3)7-6-21-11-20-10-17-14-13(4-5-16-15(14)20)12-8-18-19-9-12;1-18(2,3)7-6-17-9-16-8-15-11-10(13)4-5-14-12(11)16;1-8(2)9(3,4)14-10(13-8)7-5-6-11-12-7;1-2-12(10,11)9-5-7(6-9)3-4-8;7-4-1-2-8-6-5(4)9-3-10-6/h6,9,12-13,16H,5,7,10-11,14-15,17H2,1-4H3;3,6-8,11H,2,4,9-10H2,1H3,(H,18,19,20);4-5,8-10H,6-7,11H2,1-3H3,(H,18,19);4-5,8H,6-7,9H2,1-3H3;5-6H,1-4H3,(H,11,12);3H,2,5-6H2,1H3;1-3H,(H,8,9,10). The summed E-state index contributed by atoms with van der Waals surface area (Å²) in [7, 11) is -13.2. The molecule has 4 fully saturated rings. The zero-order chi connectivity index (χ0) is 98.2. The Morgan fingerprint density at radius 1 is 0.493 bits per heavy atom.